The molecular formula is C20H20ClN3O5. The molecule has 152 valence electrons. The van der Waals surface area contributed by atoms with Crippen LogP contribution in [0.1, 0.15) is 0 Å². The van der Waals surface area contributed by atoms with Crippen LogP contribution in [0.3, 0.4) is 0 Å². The van der Waals surface area contributed by atoms with Gasteiger partial charge in [0.1, 0.15) is 12.2 Å². The molecule has 9 heteroatoms. The second kappa shape index (κ2) is 8.69. The van der Waals surface area contributed by atoms with Gasteiger partial charge in [-0.3, -0.25) is 5.32 Å². The first-order valence-electron chi connectivity index (χ1n) is 9.17. The fourth-order valence-corrected chi connectivity index (χ4v) is 3.49. The van der Waals surface area contributed by atoms with Gasteiger partial charge in [0.05, 0.1) is 19.3 Å². The number of hydrogen-bond acceptors (Lipinski definition) is 5. The van der Waals surface area contributed by atoms with Gasteiger partial charge in [-0.05, 0) is 36.4 Å². The van der Waals surface area contributed by atoms with Gasteiger partial charge in [0.25, 0.3) is 0 Å². The van der Waals surface area contributed by atoms with Crippen molar-refractivity contribution in [2.24, 2.45) is 0 Å². The molecule has 2 aliphatic rings. The van der Waals surface area contributed by atoms with Crippen molar-refractivity contribution < 1.29 is 23.8 Å². The average molecular weight is 418 g/mol. The molecule has 0 saturated carbocycles. The number of halogens is 1. The van der Waals surface area contributed by atoms with E-state index in [4.69, 9.17) is 25.8 Å². The number of rotatable bonds is 4. The van der Waals surface area contributed by atoms with Gasteiger partial charge in [0.15, 0.2) is 6.10 Å². The Bertz CT molecular complexity index is 864. The standard InChI is InChI=1S/C20H20ClN3O5/c21-12-6-8-14(9-7-12)22-19(25)24-15-10-27-18-16(11-28-17(15)18)29-20(26)23-13-4-2-1-3-5-13/h1-9,15-18H,10-11H2,(H,23,26)(H2,22,24,25). The largest absolute Gasteiger partial charge is 0.441 e. The van der Waals surface area contributed by atoms with Crippen molar-refractivity contribution in [2.75, 3.05) is 23.8 Å². The number of hydrogen-bond donors (Lipinski definition) is 3. The summed E-state index contributed by atoms with van der Waals surface area (Å²) < 4.78 is 16.9. The summed E-state index contributed by atoms with van der Waals surface area (Å²) >= 11 is 5.84. The van der Waals surface area contributed by atoms with E-state index in [1.54, 1.807) is 36.4 Å². The molecule has 3 amide bonds. The van der Waals surface area contributed by atoms with Gasteiger partial charge in [-0.25, -0.2) is 9.59 Å². The van der Waals surface area contributed by atoms with Crippen LogP contribution in [0, 0.1) is 0 Å². The van der Waals surface area contributed by atoms with E-state index in [0.29, 0.717) is 16.4 Å². The van der Waals surface area contributed by atoms with E-state index in [0.717, 1.165) is 0 Å². The number of amides is 3. The van der Waals surface area contributed by atoms with Crippen molar-refractivity contribution in [1.82, 2.24) is 5.32 Å². The first-order chi connectivity index (χ1) is 14.1. The van der Waals surface area contributed by atoms with Crippen molar-refractivity contribution in [3.63, 3.8) is 0 Å². The van der Waals surface area contributed by atoms with E-state index in [1.165, 1.54) is 0 Å². The van der Waals surface area contributed by atoms with Crippen molar-refractivity contribution in [1.29, 1.82) is 0 Å². The number of benzene rings is 2. The molecule has 2 fully saturated rings. The monoisotopic (exact) mass is 417 g/mol. The normalized spacial score (nSPS) is 25.1. The smallest absolute Gasteiger partial charge is 0.412 e. The van der Waals surface area contributed by atoms with Crippen LogP contribution in [0.15, 0.2) is 54.6 Å². The minimum Gasteiger partial charge on any atom is -0.441 e. The fraction of sp³-hybridized carbons (Fsp3) is 0.300. The molecule has 2 saturated heterocycles. The minimum atomic E-state index is -0.578. The lowest BCUT2D eigenvalue weighted by atomic mass is 10.1. The van der Waals surface area contributed by atoms with Gasteiger partial charge in [0.2, 0.25) is 0 Å². The molecule has 2 aromatic carbocycles. The molecule has 4 unspecified atom stereocenters. The average Bonchev–Trinajstić information content (AvgIpc) is 3.28. The van der Waals surface area contributed by atoms with Gasteiger partial charge in [0, 0.05) is 16.4 Å². The van der Waals surface area contributed by atoms with Crippen LogP contribution < -0.4 is 16.0 Å². The maximum atomic E-state index is 12.2. The number of ether oxygens (including phenoxy) is 3. The third-order valence-corrected chi connectivity index (χ3v) is 4.96. The maximum absolute atomic E-state index is 12.2. The molecule has 0 spiro atoms. The van der Waals surface area contributed by atoms with E-state index < -0.39 is 18.3 Å². The summed E-state index contributed by atoms with van der Waals surface area (Å²) in [4.78, 5) is 24.4. The highest BCUT2D eigenvalue weighted by Crippen LogP contribution is 2.29. The second-order valence-corrected chi connectivity index (χ2v) is 7.18. The topological polar surface area (TPSA) is 97.9 Å². The Morgan fingerprint density at radius 2 is 1.59 bits per heavy atom. The zero-order valence-corrected chi connectivity index (χ0v) is 16.1. The Labute approximate surface area is 172 Å². The maximum Gasteiger partial charge on any atom is 0.412 e. The van der Waals surface area contributed by atoms with E-state index in [1.807, 2.05) is 18.2 Å². The molecule has 2 heterocycles. The fourth-order valence-electron chi connectivity index (χ4n) is 3.36. The number of fused-ring (bicyclic) bond motifs is 1. The molecule has 2 aromatic rings. The van der Waals surface area contributed by atoms with Crippen molar-refractivity contribution in [2.45, 2.75) is 24.4 Å². The molecule has 8 nitrogen and oxygen atoms in total. The van der Waals surface area contributed by atoms with E-state index in [-0.39, 0.29) is 31.4 Å². The van der Waals surface area contributed by atoms with Gasteiger partial charge in [-0.1, -0.05) is 29.8 Å². The Hall–Kier alpha value is -2.81. The number of urea groups is 1. The molecule has 29 heavy (non-hydrogen) atoms. The van der Waals surface area contributed by atoms with Crippen molar-refractivity contribution in [3.8, 4) is 0 Å². The summed E-state index contributed by atoms with van der Waals surface area (Å²) in [5, 5.41) is 8.82. The van der Waals surface area contributed by atoms with Crippen LogP contribution >= 0.6 is 11.6 Å². The van der Waals surface area contributed by atoms with Gasteiger partial charge < -0.3 is 24.8 Å². The molecule has 0 bridgehead atoms. The third-order valence-electron chi connectivity index (χ3n) is 4.71. The SMILES string of the molecule is O=C(Nc1ccc(Cl)cc1)NC1COC2C(OC(=O)Nc3ccccc3)COC12. The van der Waals surface area contributed by atoms with Crippen molar-refractivity contribution in [3.05, 3.63) is 59.6 Å². The highest BCUT2D eigenvalue weighted by Gasteiger charge is 2.50. The Balaban J connectivity index is 1.27. The predicted octanol–water partition coefficient (Wildman–Crippen LogP) is 3.25. The Kier molecular flexibility index (Phi) is 5.84. The van der Waals surface area contributed by atoms with Crippen LogP contribution in [0.5, 0.6) is 0 Å². The summed E-state index contributed by atoms with van der Waals surface area (Å²) in [6.07, 6.45) is -1.95. The molecular weight excluding hydrogens is 398 g/mol. The second-order valence-electron chi connectivity index (χ2n) is 6.74. The Morgan fingerprint density at radius 1 is 0.897 bits per heavy atom. The zero-order valence-electron chi connectivity index (χ0n) is 15.3. The molecule has 0 aromatic heterocycles. The highest BCUT2D eigenvalue weighted by atomic mass is 35.5. The van der Waals surface area contributed by atoms with Crippen LogP contribution in [0.4, 0.5) is 21.0 Å². The summed E-state index contributed by atoms with van der Waals surface area (Å²) in [5.74, 6) is 0. The minimum absolute atomic E-state index is 0.203. The van der Waals surface area contributed by atoms with Crippen LogP contribution in [-0.4, -0.2) is 49.7 Å². The van der Waals surface area contributed by atoms with E-state index in [2.05, 4.69) is 16.0 Å². The summed E-state index contributed by atoms with van der Waals surface area (Å²) in [7, 11) is 0. The van der Waals surface area contributed by atoms with Crippen LogP contribution in [-0.2, 0) is 14.2 Å². The number of para-hydroxylation sites is 1. The Morgan fingerprint density at radius 3 is 2.34 bits per heavy atom. The predicted molar refractivity (Wildman–Crippen MR) is 107 cm³/mol. The lowest BCUT2D eigenvalue weighted by Gasteiger charge is -2.18. The number of carbonyl (C=O) groups excluding carboxylic acids is 2. The van der Waals surface area contributed by atoms with Crippen LogP contribution in [0.2, 0.25) is 5.02 Å². The van der Waals surface area contributed by atoms with E-state index in [9.17, 15) is 9.59 Å². The summed E-state index contributed by atoms with van der Waals surface area (Å²) in [5.41, 5.74) is 1.26. The summed E-state index contributed by atoms with van der Waals surface area (Å²) in [6, 6.07) is 15.1. The van der Waals surface area contributed by atoms with Gasteiger partial charge >= 0.3 is 12.1 Å². The lowest BCUT2D eigenvalue weighted by Crippen LogP contribution is -2.46. The molecule has 2 aliphatic heterocycles. The number of anilines is 2. The lowest BCUT2D eigenvalue weighted by molar-refractivity contribution is 0.00874. The third kappa shape index (κ3) is 4.79. The van der Waals surface area contributed by atoms with Gasteiger partial charge in [-0.2, -0.15) is 0 Å². The van der Waals surface area contributed by atoms with E-state index >= 15 is 0 Å². The zero-order chi connectivity index (χ0) is 20.2. The van der Waals surface area contributed by atoms with Gasteiger partial charge in [-0.15, -0.1) is 0 Å². The first-order valence-corrected chi connectivity index (χ1v) is 9.55. The quantitative estimate of drug-likeness (QED) is 0.709. The molecule has 4 rings (SSSR count). The van der Waals surface area contributed by atoms with Crippen LogP contribution in [0.25, 0.3) is 0 Å². The highest BCUT2D eigenvalue weighted by molar-refractivity contribution is 6.30. The molecule has 0 radical (unpaired) electrons. The number of nitrogens with one attached hydrogen (secondary N) is 3. The molecule has 4 atom stereocenters. The van der Waals surface area contributed by atoms with Crippen molar-refractivity contribution >= 4 is 35.1 Å². The first kappa shape index (κ1) is 19.5. The summed E-state index contributed by atoms with van der Waals surface area (Å²) in [6.45, 7) is 0.470. The molecule has 3 N–H and O–H groups in total. The number of carbonyl (C=O) groups is 2. The molecule has 0 aliphatic carbocycles.